The van der Waals surface area contributed by atoms with E-state index in [-0.39, 0.29) is 23.5 Å². The highest BCUT2D eigenvalue weighted by atomic mass is 32.2. The van der Waals surface area contributed by atoms with Crippen LogP contribution in [0.3, 0.4) is 0 Å². The molecule has 1 aliphatic heterocycles. The van der Waals surface area contributed by atoms with Gasteiger partial charge in [-0.25, -0.2) is 13.2 Å². The van der Waals surface area contributed by atoms with Gasteiger partial charge in [-0.2, -0.15) is 13.2 Å². The fraction of sp³-hybridized carbons (Fsp3) is 0.222. The molecule has 3 rings (SSSR count). The molecule has 0 fully saturated rings. The van der Waals surface area contributed by atoms with Gasteiger partial charge in [-0.15, -0.1) is 0 Å². The average molecular weight is 459 g/mol. The summed E-state index contributed by atoms with van der Waals surface area (Å²) in [5.41, 5.74) is 3.91. The fourth-order valence-corrected chi connectivity index (χ4v) is 4.58. The Morgan fingerprint density at radius 2 is 1.94 bits per heavy atom. The molecular weight excluding hydrogens is 443 g/mol. The van der Waals surface area contributed by atoms with Crippen molar-refractivity contribution in [3.8, 4) is 5.75 Å². The molecule has 1 unspecified atom stereocenters. The number of hydrogen-bond acceptors (Lipinski definition) is 5. The lowest BCUT2D eigenvalue weighted by Gasteiger charge is -2.35. The molecule has 166 valence electrons. The highest BCUT2D eigenvalue weighted by molar-refractivity contribution is 7.92. The molecule has 2 aromatic rings. The van der Waals surface area contributed by atoms with Gasteiger partial charge in [0.15, 0.2) is 0 Å². The SMILES string of the molecule is NC(=O)CC1CN(S(=O)(=O)c2cccc(C(F)(F)F)c2)c2cc(NC(=O)O)ccc2O1. The van der Waals surface area contributed by atoms with E-state index in [9.17, 15) is 31.2 Å². The average Bonchev–Trinajstić information content (AvgIpc) is 2.66. The number of halogens is 3. The molecule has 0 bridgehead atoms. The largest absolute Gasteiger partial charge is 0.486 e. The molecule has 2 amide bonds. The number of nitrogens with one attached hydrogen (secondary N) is 1. The van der Waals surface area contributed by atoms with E-state index in [1.165, 1.54) is 12.1 Å². The van der Waals surface area contributed by atoms with Crippen LogP contribution in [0.2, 0.25) is 0 Å². The second-order valence-electron chi connectivity index (χ2n) is 6.58. The number of amides is 2. The number of ether oxygens (including phenoxy) is 1. The lowest BCUT2D eigenvalue weighted by Crippen LogP contribution is -2.45. The van der Waals surface area contributed by atoms with Crippen LogP contribution < -0.4 is 20.1 Å². The van der Waals surface area contributed by atoms with E-state index in [2.05, 4.69) is 5.32 Å². The smallest absolute Gasteiger partial charge is 0.416 e. The molecule has 1 atom stereocenters. The number of fused-ring (bicyclic) bond motifs is 1. The molecule has 0 aliphatic carbocycles. The van der Waals surface area contributed by atoms with Crippen LogP contribution in [0, 0.1) is 0 Å². The maximum absolute atomic E-state index is 13.2. The number of benzene rings is 2. The Morgan fingerprint density at radius 1 is 1.23 bits per heavy atom. The Kier molecular flexibility index (Phi) is 5.72. The third kappa shape index (κ3) is 4.82. The molecule has 0 saturated carbocycles. The molecule has 4 N–H and O–H groups in total. The summed E-state index contributed by atoms with van der Waals surface area (Å²) < 4.78 is 72.1. The highest BCUT2D eigenvalue weighted by Gasteiger charge is 2.37. The van der Waals surface area contributed by atoms with Crippen molar-refractivity contribution in [2.75, 3.05) is 16.2 Å². The molecule has 1 aliphatic rings. The molecule has 1 heterocycles. The fourth-order valence-electron chi connectivity index (χ4n) is 3.03. The Balaban J connectivity index is 2.11. The highest BCUT2D eigenvalue weighted by Crippen LogP contribution is 2.40. The molecule has 0 spiro atoms. The van der Waals surface area contributed by atoms with E-state index in [0.717, 1.165) is 28.6 Å². The Morgan fingerprint density at radius 3 is 2.55 bits per heavy atom. The maximum Gasteiger partial charge on any atom is 0.416 e. The zero-order chi connectivity index (χ0) is 23.0. The van der Waals surface area contributed by atoms with Gasteiger partial charge < -0.3 is 15.6 Å². The predicted octanol–water partition coefficient (Wildman–Crippen LogP) is 2.63. The summed E-state index contributed by atoms with van der Waals surface area (Å²) in [6.45, 7) is -0.426. The summed E-state index contributed by atoms with van der Waals surface area (Å²) in [6.07, 6.45) is -7.51. The minimum atomic E-state index is -4.76. The van der Waals surface area contributed by atoms with Gasteiger partial charge >= 0.3 is 12.3 Å². The number of alkyl halides is 3. The van der Waals surface area contributed by atoms with E-state index >= 15 is 0 Å². The molecule has 13 heteroatoms. The first-order valence-corrected chi connectivity index (χ1v) is 10.1. The second-order valence-corrected chi connectivity index (χ2v) is 8.45. The Hall–Kier alpha value is -3.48. The van der Waals surface area contributed by atoms with Gasteiger partial charge in [-0.1, -0.05) is 6.07 Å². The van der Waals surface area contributed by atoms with Gasteiger partial charge in [0.2, 0.25) is 5.91 Å². The van der Waals surface area contributed by atoms with E-state index in [0.29, 0.717) is 6.07 Å². The third-order valence-electron chi connectivity index (χ3n) is 4.32. The van der Waals surface area contributed by atoms with Gasteiger partial charge in [0, 0.05) is 5.69 Å². The van der Waals surface area contributed by atoms with Crippen LogP contribution in [0.15, 0.2) is 47.4 Å². The van der Waals surface area contributed by atoms with E-state index in [1.54, 1.807) is 0 Å². The number of carboxylic acid groups (broad SMARTS) is 1. The summed E-state index contributed by atoms with van der Waals surface area (Å²) in [7, 11) is -4.55. The first-order valence-electron chi connectivity index (χ1n) is 8.67. The second kappa shape index (κ2) is 7.98. The van der Waals surface area contributed by atoms with Gasteiger partial charge in [0.1, 0.15) is 11.9 Å². The molecule has 0 radical (unpaired) electrons. The van der Waals surface area contributed by atoms with Crippen LogP contribution in [0.1, 0.15) is 12.0 Å². The van der Waals surface area contributed by atoms with Crippen molar-refractivity contribution in [2.24, 2.45) is 5.73 Å². The topological polar surface area (TPSA) is 139 Å². The van der Waals surface area contributed by atoms with Crippen LogP contribution >= 0.6 is 0 Å². The molecule has 31 heavy (non-hydrogen) atoms. The minimum absolute atomic E-state index is 0.00689. The van der Waals surface area contributed by atoms with Crippen molar-refractivity contribution >= 4 is 33.4 Å². The van der Waals surface area contributed by atoms with Crippen LogP contribution in [0.25, 0.3) is 0 Å². The summed E-state index contributed by atoms with van der Waals surface area (Å²) in [5.74, 6) is -0.780. The summed E-state index contributed by atoms with van der Waals surface area (Å²) >= 11 is 0. The lowest BCUT2D eigenvalue weighted by atomic mass is 10.1. The maximum atomic E-state index is 13.2. The van der Waals surface area contributed by atoms with Gasteiger partial charge in [-0.3, -0.25) is 14.4 Å². The number of nitrogens with zero attached hydrogens (tertiary/aromatic N) is 1. The zero-order valence-electron chi connectivity index (χ0n) is 15.6. The van der Waals surface area contributed by atoms with E-state index in [1.807, 2.05) is 0 Å². The number of carbonyl (C=O) groups excluding carboxylic acids is 1. The monoisotopic (exact) mass is 459 g/mol. The number of rotatable bonds is 5. The van der Waals surface area contributed by atoms with Crippen LogP contribution in [0.5, 0.6) is 5.75 Å². The number of anilines is 2. The number of primary amides is 1. The quantitative estimate of drug-likeness (QED) is 0.628. The number of sulfonamides is 1. The minimum Gasteiger partial charge on any atom is -0.486 e. The van der Waals surface area contributed by atoms with Crippen molar-refractivity contribution < 1.29 is 41.0 Å². The molecule has 0 saturated heterocycles. The van der Waals surface area contributed by atoms with Gasteiger partial charge in [0.05, 0.1) is 29.1 Å². The first-order chi connectivity index (χ1) is 14.4. The number of carbonyl (C=O) groups is 2. The van der Waals surface area contributed by atoms with Crippen molar-refractivity contribution in [3.05, 3.63) is 48.0 Å². The van der Waals surface area contributed by atoms with Crippen LogP contribution in [-0.2, 0) is 21.0 Å². The molecule has 0 aromatic heterocycles. The van der Waals surface area contributed by atoms with Crippen molar-refractivity contribution in [3.63, 3.8) is 0 Å². The van der Waals surface area contributed by atoms with Crippen molar-refractivity contribution in [1.29, 1.82) is 0 Å². The van der Waals surface area contributed by atoms with E-state index < -0.39 is 51.3 Å². The van der Waals surface area contributed by atoms with Crippen molar-refractivity contribution in [2.45, 2.75) is 23.6 Å². The Labute approximate surface area is 174 Å². The summed E-state index contributed by atoms with van der Waals surface area (Å²) in [5, 5.41) is 10.9. The first kappa shape index (κ1) is 22.2. The van der Waals surface area contributed by atoms with Gasteiger partial charge in [0.25, 0.3) is 10.0 Å². The normalized spacial score (nSPS) is 16.2. The van der Waals surface area contributed by atoms with Crippen LogP contribution in [-0.4, -0.2) is 38.2 Å². The van der Waals surface area contributed by atoms with Crippen LogP contribution in [0.4, 0.5) is 29.3 Å². The van der Waals surface area contributed by atoms with E-state index in [4.69, 9.17) is 15.6 Å². The predicted molar refractivity (Wildman–Crippen MR) is 102 cm³/mol. The summed E-state index contributed by atoms with van der Waals surface area (Å²) in [6, 6.07) is 6.93. The molecule has 2 aromatic carbocycles. The number of nitrogens with two attached hydrogens (primary N) is 1. The van der Waals surface area contributed by atoms with Gasteiger partial charge in [-0.05, 0) is 36.4 Å². The summed E-state index contributed by atoms with van der Waals surface area (Å²) in [4.78, 5) is 21.6. The molecule has 9 nitrogen and oxygen atoms in total. The molecular formula is C18H16F3N3O6S. The standard InChI is InChI=1S/C18H16F3N3O6S/c19-18(20,21)10-2-1-3-13(6-10)31(28,29)24-9-12(8-16(22)25)30-15-5-4-11(7-14(15)24)23-17(26)27/h1-7,12,23H,8-9H2,(H2,22,25)(H,26,27). The zero-order valence-corrected chi connectivity index (χ0v) is 16.4. The third-order valence-corrected chi connectivity index (χ3v) is 6.10. The lowest BCUT2D eigenvalue weighted by molar-refractivity contribution is -0.137. The van der Waals surface area contributed by atoms with Crippen molar-refractivity contribution in [1.82, 2.24) is 0 Å². The number of hydrogen-bond donors (Lipinski definition) is 3. The Bertz CT molecular complexity index is 1140.